The van der Waals surface area contributed by atoms with Gasteiger partial charge < -0.3 is 14.2 Å². The molecule has 7 heteroatoms. The van der Waals surface area contributed by atoms with Crippen molar-refractivity contribution in [2.75, 3.05) is 13.9 Å². The SMILES string of the molecule is COC(=O)c1nn(Cc2ccccc2)c(-c2ccc3c(c2)OCO3)c1Br. The van der Waals surface area contributed by atoms with Crippen molar-refractivity contribution in [3.8, 4) is 22.8 Å². The van der Waals surface area contributed by atoms with Crippen LogP contribution >= 0.6 is 15.9 Å². The molecule has 0 unspecified atom stereocenters. The Hall–Kier alpha value is -2.80. The summed E-state index contributed by atoms with van der Waals surface area (Å²) in [4.78, 5) is 12.1. The van der Waals surface area contributed by atoms with Gasteiger partial charge in [0.2, 0.25) is 6.79 Å². The fourth-order valence-electron chi connectivity index (χ4n) is 2.86. The normalized spacial score (nSPS) is 12.2. The van der Waals surface area contributed by atoms with Crippen LogP contribution in [0.5, 0.6) is 11.5 Å². The summed E-state index contributed by atoms with van der Waals surface area (Å²) in [7, 11) is 1.34. The van der Waals surface area contributed by atoms with Crippen LogP contribution in [-0.2, 0) is 11.3 Å². The molecule has 1 aromatic heterocycles. The summed E-state index contributed by atoms with van der Waals surface area (Å²) in [5, 5.41) is 4.47. The molecule has 1 aliphatic heterocycles. The molecule has 0 saturated heterocycles. The monoisotopic (exact) mass is 414 g/mol. The predicted molar refractivity (Wildman–Crippen MR) is 98.4 cm³/mol. The van der Waals surface area contributed by atoms with Crippen molar-refractivity contribution in [1.82, 2.24) is 9.78 Å². The maximum Gasteiger partial charge on any atom is 0.359 e. The molecule has 0 atom stereocenters. The molecule has 1 aliphatic rings. The molecule has 0 fully saturated rings. The first-order chi connectivity index (χ1) is 12.7. The van der Waals surface area contributed by atoms with Crippen molar-refractivity contribution in [3.05, 3.63) is 64.3 Å². The van der Waals surface area contributed by atoms with Gasteiger partial charge in [-0.15, -0.1) is 0 Å². The Kier molecular flexibility index (Phi) is 4.38. The summed E-state index contributed by atoms with van der Waals surface area (Å²) < 4.78 is 18.1. The number of hydrogen-bond donors (Lipinski definition) is 0. The topological polar surface area (TPSA) is 62.6 Å². The van der Waals surface area contributed by atoms with Crippen LogP contribution < -0.4 is 9.47 Å². The number of esters is 1. The average Bonchev–Trinajstić information content (AvgIpc) is 3.25. The fourth-order valence-corrected chi connectivity index (χ4v) is 3.53. The van der Waals surface area contributed by atoms with Crippen molar-refractivity contribution >= 4 is 21.9 Å². The van der Waals surface area contributed by atoms with Crippen LogP contribution in [0.15, 0.2) is 53.0 Å². The number of carbonyl (C=O) groups excluding carboxylic acids is 1. The van der Waals surface area contributed by atoms with E-state index < -0.39 is 5.97 Å². The van der Waals surface area contributed by atoms with Crippen LogP contribution in [0.1, 0.15) is 16.1 Å². The molecule has 0 radical (unpaired) electrons. The third kappa shape index (κ3) is 2.94. The van der Waals surface area contributed by atoms with Crippen LogP contribution in [0.2, 0.25) is 0 Å². The van der Waals surface area contributed by atoms with Crippen molar-refractivity contribution in [3.63, 3.8) is 0 Å². The molecule has 0 spiro atoms. The standard InChI is InChI=1S/C19H15BrN2O4/c1-24-19(23)17-16(20)18(13-7-8-14-15(9-13)26-11-25-14)22(21-17)10-12-5-3-2-4-6-12/h2-9H,10-11H2,1H3. The summed E-state index contributed by atoms with van der Waals surface area (Å²) in [5.41, 5.74) is 2.93. The smallest absolute Gasteiger partial charge is 0.359 e. The number of halogens is 1. The van der Waals surface area contributed by atoms with Gasteiger partial charge in [0.1, 0.15) is 0 Å². The minimum absolute atomic E-state index is 0.205. The molecule has 132 valence electrons. The molecule has 0 N–H and O–H groups in total. The highest BCUT2D eigenvalue weighted by Gasteiger charge is 2.24. The Labute approximate surface area is 158 Å². The number of carbonyl (C=O) groups is 1. The second-order valence-electron chi connectivity index (χ2n) is 5.71. The minimum Gasteiger partial charge on any atom is -0.464 e. The van der Waals surface area contributed by atoms with Gasteiger partial charge >= 0.3 is 5.97 Å². The molecule has 6 nitrogen and oxygen atoms in total. The highest BCUT2D eigenvalue weighted by Crippen LogP contribution is 2.39. The van der Waals surface area contributed by atoms with Crippen molar-refractivity contribution in [2.45, 2.75) is 6.54 Å². The van der Waals surface area contributed by atoms with Gasteiger partial charge in [0.05, 0.1) is 23.8 Å². The third-order valence-electron chi connectivity index (χ3n) is 4.09. The zero-order valence-electron chi connectivity index (χ0n) is 13.9. The number of nitrogens with zero attached hydrogens (tertiary/aromatic N) is 2. The van der Waals surface area contributed by atoms with E-state index in [-0.39, 0.29) is 12.5 Å². The van der Waals surface area contributed by atoms with E-state index in [9.17, 15) is 4.79 Å². The molecule has 26 heavy (non-hydrogen) atoms. The Morgan fingerprint density at radius 1 is 1.19 bits per heavy atom. The lowest BCUT2D eigenvalue weighted by molar-refractivity contribution is 0.0592. The zero-order chi connectivity index (χ0) is 18.1. The number of ether oxygens (including phenoxy) is 3. The van der Waals surface area contributed by atoms with E-state index in [1.807, 2.05) is 48.5 Å². The lowest BCUT2D eigenvalue weighted by Crippen LogP contribution is -2.07. The van der Waals surface area contributed by atoms with E-state index in [0.717, 1.165) is 16.8 Å². The molecule has 2 aromatic carbocycles. The molecule has 0 amide bonds. The number of benzene rings is 2. The first-order valence-electron chi connectivity index (χ1n) is 7.96. The lowest BCUT2D eigenvalue weighted by atomic mass is 10.1. The van der Waals surface area contributed by atoms with Gasteiger partial charge in [-0.05, 0) is 39.7 Å². The van der Waals surface area contributed by atoms with E-state index in [1.54, 1.807) is 4.68 Å². The molecular formula is C19H15BrN2O4. The molecule has 3 aromatic rings. The molecule has 0 saturated carbocycles. The highest BCUT2D eigenvalue weighted by molar-refractivity contribution is 9.10. The summed E-state index contributed by atoms with van der Waals surface area (Å²) in [6.45, 7) is 0.719. The van der Waals surface area contributed by atoms with Crippen LogP contribution in [0.25, 0.3) is 11.3 Å². The zero-order valence-corrected chi connectivity index (χ0v) is 15.5. The maximum absolute atomic E-state index is 12.1. The number of fused-ring (bicyclic) bond motifs is 1. The van der Waals surface area contributed by atoms with Crippen LogP contribution in [0.3, 0.4) is 0 Å². The fraction of sp³-hybridized carbons (Fsp3) is 0.158. The largest absolute Gasteiger partial charge is 0.464 e. The Balaban J connectivity index is 1.83. The summed E-state index contributed by atoms with van der Waals surface area (Å²) in [6, 6.07) is 15.6. The van der Waals surface area contributed by atoms with Crippen molar-refractivity contribution in [1.29, 1.82) is 0 Å². The molecule has 0 aliphatic carbocycles. The second-order valence-corrected chi connectivity index (χ2v) is 6.51. The Morgan fingerprint density at radius 2 is 1.96 bits per heavy atom. The minimum atomic E-state index is -0.495. The van der Waals surface area contributed by atoms with E-state index >= 15 is 0 Å². The average molecular weight is 415 g/mol. The van der Waals surface area contributed by atoms with Crippen LogP contribution in [0.4, 0.5) is 0 Å². The lowest BCUT2D eigenvalue weighted by Gasteiger charge is -2.09. The molecule has 0 bridgehead atoms. The van der Waals surface area contributed by atoms with Gasteiger partial charge in [-0.3, -0.25) is 4.68 Å². The van der Waals surface area contributed by atoms with E-state index in [2.05, 4.69) is 21.0 Å². The predicted octanol–water partition coefficient (Wildman–Crippen LogP) is 3.88. The van der Waals surface area contributed by atoms with E-state index in [1.165, 1.54) is 7.11 Å². The number of methoxy groups -OCH3 is 1. The number of rotatable bonds is 4. The molecule has 2 heterocycles. The number of aromatic nitrogens is 2. The van der Waals surface area contributed by atoms with Gasteiger partial charge in [-0.25, -0.2) is 4.79 Å². The van der Waals surface area contributed by atoms with E-state index in [0.29, 0.717) is 22.5 Å². The summed E-state index contributed by atoms with van der Waals surface area (Å²) in [5.74, 6) is 0.874. The van der Waals surface area contributed by atoms with Crippen molar-refractivity contribution in [2.24, 2.45) is 0 Å². The van der Waals surface area contributed by atoms with Crippen molar-refractivity contribution < 1.29 is 19.0 Å². The summed E-state index contributed by atoms with van der Waals surface area (Å²) >= 11 is 3.52. The first-order valence-corrected chi connectivity index (χ1v) is 8.75. The van der Waals surface area contributed by atoms with Gasteiger partial charge in [-0.1, -0.05) is 30.3 Å². The Bertz CT molecular complexity index is 969. The highest BCUT2D eigenvalue weighted by atomic mass is 79.9. The first kappa shape index (κ1) is 16.7. The van der Waals surface area contributed by atoms with E-state index in [4.69, 9.17) is 14.2 Å². The van der Waals surface area contributed by atoms with Gasteiger partial charge in [0.25, 0.3) is 0 Å². The Morgan fingerprint density at radius 3 is 2.73 bits per heavy atom. The second kappa shape index (κ2) is 6.84. The van der Waals surface area contributed by atoms with Crippen LogP contribution in [0, 0.1) is 0 Å². The summed E-state index contributed by atoms with van der Waals surface area (Å²) in [6.07, 6.45) is 0. The van der Waals surface area contributed by atoms with Gasteiger partial charge in [0, 0.05) is 5.56 Å². The number of hydrogen-bond acceptors (Lipinski definition) is 5. The molecule has 4 rings (SSSR count). The third-order valence-corrected chi connectivity index (χ3v) is 4.85. The van der Waals surface area contributed by atoms with Gasteiger partial charge in [-0.2, -0.15) is 5.10 Å². The molecular weight excluding hydrogens is 400 g/mol. The van der Waals surface area contributed by atoms with Gasteiger partial charge in [0.15, 0.2) is 17.2 Å². The van der Waals surface area contributed by atoms with Crippen LogP contribution in [-0.4, -0.2) is 29.7 Å². The quantitative estimate of drug-likeness (QED) is 0.606. The maximum atomic E-state index is 12.1.